The van der Waals surface area contributed by atoms with Crippen LogP contribution in [0.1, 0.15) is 36.5 Å². The molecular weight excluding hydrogens is 785 g/mol. The van der Waals surface area contributed by atoms with Gasteiger partial charge in [0, 0.05) is 0 Å². The van der Waals surface area contributed by atoms with Gasteiger partial charge in [-0.25, -0.2) is 0 Å². The molecule has 2 heteroatoms. The molecule has 0 fully saturated rings. The molecule has 4 N–H and O–H groups in total. The predicted octanol–water partition coefficient (Wildman–Crippen LogP) is 16.1. The molecule has 10 aromatic carbocycles. The van der Waals surface area contributed by atoms with Gasteiger partial charge < -0.3 is 11.5 Å². The third-order valence-corrected chi connectivity index (χ3v) is 12.0. The quantitative estimate of drug-likeness (QED) is 0.152. The van der Waals surface area contributed by atoms with Gasteiger partial charge in [0.1, 0.15) is 0 Å². The first-order valence-electron chi connectivity index (χ1n) is 22.8. The molecule has 0 saturated carbocycles. The molecule has 0 aliphatic carbocycles. The van der Waals surface area contributed by atoms with Crippen molar-refractivity contribution in [2.75, 3.05) is 14.1 Å². The Labute approximate surface area is 386 Å². The van der Waals surface area contributed by atoms with E-state index in [0.29, 0.717) is 5.92 Å². The van der Waals surface area contributed by atoms with Crippen LogP contribution in [0.3, 0.4) is 0 Å². The van der Waals surface area contributed by atoms with Crippen molar-refractivity contribution in [3.63, 3.8) is 0 Å². The lowest BCUT2D eigenvalue weighted by molar-refractivity contribution is 0.766. The van der Waals surface area contributed by atoms with Crippen molar-refractivity contribution >= 4 is 21.5 Å². The zero-order valence-electron chi connectivity index (χ0n) is 38.2. The fourth-order valence-electron chi connectivity index (χ4n) is 8.65. The van der Waals surface area contributed by atoms with Crippen LogP contribution >= 0.6 is 0 Å². The highest BCUT2D eigenvalue weighted by molar-refractivity contribution is 5.92. The highest BCUT2D eigenvalue weighted by Gasteiger charge is 2.13. The van der Waals surface area contributed by atoms with E-state index in [0.717, 1.165) is 12.8 Å². The van der Waals surface area contributed by atoms with Gasteiger partial charge in [0.2, 0.25) is 0 Å². The van der Waals surface area contributed by atoms with Gasteiger partial charge in [-0.15, -0.1) is 0 Å². The van der Waals surface area contributed by atoms with Crippen LogP contribution in [0.4, 0.5) is 0 Å². The van der Waals surface area contributed by atoms with Gasteiger partial charge in [0.15, 0.2) is 0 Å². The molecule has 1 unspecified atom stereocenters. The van der Waals surface area contributed by atoms with Crippen LogP contribution in [0.15, 0.2) is 237 Å². The average Bonchev–Trinajstić information content (AvgIpc) is 3.40. The van der Waals surface area contributed by atoms with Gasteiger partial charge in [-0.1, -0.05) is 226 Å². The van der Waals surface area contributed by atoms with Crippen molar-refractivity contribution in [2.45, 2.75) is 32.6 Å². The molecule has 322 valence electrons. The third kappa shape index (κ3) is 11.2. The van der Waals surface area contributed by atoms with E-state index in [1.165, 1.54) is 108 Å². The molecule has 10 aromatic rings. The molecule has 0 heterocycles. The average molecular weight is 845 g/mol. The lowest BCUT2D eigenvalue weighted by Crippen LogP contribution is -1.99. The molecule has 0 saturated heterocycles. The summed E-state index contributed by atoms with van der Waals surface area (Å²) in [5.41, 5.74) is 25.6. The molecule has 0 amide bonds. The number of aryl methyl sites for hydroxylation is 1. The topological polar surface area (TPSA) is 52.0 Å². The summed E-state index contributed by atoms with van der Waals surface area (Å²) in [6, 6.07) is 85.7. The first kappa shape index (κ1) is 45.7. The predicted molar refractivity (Wildman–Crippen MR) is 283 cm³/mol. The molecule has 65 heavy (non-hydrogen) atoms. The van der Waals surface area contributed by atoms with E-state index >= 15 is 0 Å². The van der Waals surface area contributed by atoms with Crippen molar-refractivity contribution in [1.29, 1.82) is 0 Å². The lowest BCUT2D eigenvalue weighted by Gasteiger charge is -2.15. The van der Waals surface area contributed by atoms with Crippen LogP contribution in [0.2, 0.25) is 0 Å². The molecule has 0 aliphatic heterocycles. The van der Waals surface area contributed by atoms with Crippen molar-refractivity contribution in [3.8, 4) is 55.6 Å². The SMILES string of the molecule is CC(Cc1ccccc1)c1cccc2ccccc12.CCc1ccc(-c2ccc(-c3cc(-c4ccccc4)cc(-c4ccccc4)c3)cc2)c(-c2ccc3ccccc3c2)c1.CN.CN. The summed E-state index contributed by atoms with van der Waals surface area (Å²) >= 11 is 0. The Morgan fingerprint density at radius 2 is 0.800 bits per heavy atom. The van der Waals surface area contributed by atoms with Crippen LogP contribution in [0.5, 0.6) is 0 Å². The van der Waals surface area contributed by atoms with Crippen molar-refractivity contribution in [2.24, 2.45) is 11.5 Å². The Hall–Kier alpha value is -7.36. The molecular formula is C63H60N2. The Bertz CT molecular complexity index is 2960. The van der Waals surface area contributed by atoms with Crippen molar-refractivity contribution in [3.05, 3.63) is 253 Å². The zero-order valence-corrected chi connectivity index (χ0v) is 38.2. The van der Waals surface area contributed by atoms with Crippen LogP contribution in [-0.2, 0) is 12.8 Å². The maximum absolute atomic E-state index is 4.50. The fraction of sp³-hybridized carbons (Fsp3) is 0.111. The van der Waals surface area contributed by atoms with Gasteiger partial charge in [-0.05, 0) is 151 Å². The summed E-state index contributed by atoms with van der Waals surface area (Å²) in [5.74, 6) is 0.536. The van der Waals surface area contributed by atoms with Crippen LogP contribution in [0, 0.1) is 0 Å². The molecule has 0 aromatic heterocycles. The minimum absolute atomic E-state index is 0.536. The first-order valence-corrected chi connectivity index (χ1v) is 22.8. The van der Waals surface area contributed by atoms with Crippen LogP contribution in [0.25, 0.3) is 77.2 Å². The Morgan fingerprint density at radius 1 is 0.323 bits per heavy atom. The van der Waals surface area contributed by atoms with E-state index in [-0.39, 0.29) is 0 Å². The number of hydrogen-bond acceptors (Lipinski definition) is 2. The standard InChI is InChI=1S/C42H32.C19H18.2CH5N/c1-2-30-17-24-41(42(25-30)37-23-20-33-15-9-10-16-36(33)26-37)35-21-18-34(19-22-35)40-28-38(31-11-5-3-6-12-31)27-39(29-40)32-13-7-4-8-14-32;1-15(14-16-8-3-2-4-9-16)18-13-7-11-17-10-5-6-12-19(17)18;2*1-2/h3-29H,2H2,1H3;2-13,15H,14H2,1H3;2*2H2,1H3. The molecule has 10 rings (SSSR count). The normalized spacial score (nSPS) is 11.0. The molecule has 1 atom stereocenters. The van der Waals surface area contributed by atoms with Crippen molar-refractivity contribution < 1.29 is 0 Å². The maximum Gasteiger partial charge on any atom is -0.0102 e. The highest BCUT2D eigenvalue weighted by atomic mass is 14.4. The lowest BCUT2D eigenvalue weighted by atomic mass is 9.89. The summed E-state index contributed by atoms with van der Waals surface area (Å²) < 4.78 is 0. The largest absolute Gasteiger partial charge is 0.333 e. The van der Waals surface area contributed by atoms with Crippen molar-refractivity contribution in [1.82, 2.24) is 0 Å². The Morgan fingerprint density at radius 3 is 1.40 bits per heavy atom. The summed E-state index contributed by atoms with van der Waals surface area (Å²) in [5, 5.41) is 5.26. The zero-order chi connectivity index (χ0) is 45.4. The maximum atomic E-state index is 4.50. The van der Waals surface area contributed by atoms with Gasteiger partial charge >= 0.3 is 0 Å². The Kier molecular flexibility index (Phi) is 16.0. The van der Waals surface area contributed by atoms with Crippen LogP contribution < -0.4 is 11.5 Å². The second-order valence-electron chi connectivity index (χ2n) is 16.1. The first-order chi connectivity index (χ1) is 32.1. The summed E-state index contributed by atoms with van der Waals surface area (Å²) in [4.78, 5) is 0. The van der Waals surface area contributed by atoms with E-state index in [4.69, 9.17) is 0 Å². The number of hydrogen-bond donors (Lipinski definition) is 2. The van der Waals surface area contributed by atoms with E-state index in [9.17, 15) is 0 Å². The van der Waals surface area contributed by atoms with E-state index in [2.05, 4.69) is 262 Å². The Balaban J connectivity index is 0.000000229. The fourth-order valence-corrected chi connectivity index (χ4v) is 8.65. The molecule has 2 nitrogen and oxygen atoms in total. The molecule has 0 aliphatic rings. The third-order valence-electron chi connectivity index (χ3n) is 12.0. The summed E-state index contributed by atoms with van der Waals surface area (Å²) in [6.45, 7) is 4.54. The number of rotatable bonds is 9. The molecule has 0 radical (unpaired) electrons. The second kappa shape index (κ2) is 22.8. The molecule has 0 spiro atoms. The summed E-state index contributed by atoms with van der Waals surface area (Å²) in [6.07, 6.45) is 2.11. The van der Waals surface area contributed by atoms with Gasteiger partial charge in [-0.2, -0.15) is 0 Å². The smallest absolute Gasteiger partial charge is 0.0102 e. The minimum atomic E-state index is 0.536. The van der Waals surface area contributed by atoms with Gasteiger partial charge in [0.25, 0.3) is 0 Å². The van der Waals surface area contributed by atoms with Crippen LogP contribution in [-0.4, -0.2) is 14.1 Å². The van der Waals surface area contributed by atoms with Gasteiger partial charge in [0.05, 0.1) is 0 Å². The minimum Gasteiger partial charge on any atom is -0.333 e. The number of benzene rings is 10. The molecule has 0 bridgehead atoms. The van der Waals surface area contributed by atoms with E-state index in [1.807, 2.05) is 0 Å². The number of nitrogens with two attached hydrogens (primary N) is 2. The van der Waals surface area contributed by atoms with E-state index in [1.54, 1.807) is 0 Å². The summed E-state index contributed by atoms with van der Waals surface area (Å²) in [7, 11) is 3.00. The second-order valence-corrected chi connectivity index (χ2v) is 16.1. The number of fused-ring (bicyclic) bond motifs is 2. The monoisotopic (exact) mass is 844 g/mol. The van der Waals surface area contributed by atoms with E-state index < -0.39 is 0 Å². The highest BCUT2D eigenvalue weighted by Crippen LogP contribution is 2.38. The van der Waals surface area contributed by atoms with Gasteiger partial charge in [-0.3, -0.25) is 0 Å².